The van der Waals surface area contributed by atoms with Crippen molar-refractivity contribution in [2.75, 3.05) is 13.2 Å². The van der Waals surface area contributed by atoms with E-state index in [-0.39, 0.29) is 12.2 Å². The predicted molar refractivity (Wildman–Crippen MR) is 32.8 cm³/mol. The van der Waals surface area contributed by atoms with Crippen LogP contribution >= 0.6 is 12.3 Å². The molecule has 2 heterocycles. The number of ether oxygens (including phenoxy) is 1. The molecule has 0 aliphatic carbocycles. The first-order chi connectivity index (χ1) is 4.47. The summed E-state index contributed by atoms with van der Waals surface area (Å²) in [7, 11) is 0. The molecule has 0 amide bonds. The van der Waals surface area contributed by atoms with Crippen molar-refractivity contribution < 1.29 is 13.1 Å². The second-order valence-corrected chi connectivity index (χ2v) is 2.72. The molecule has 0 aromatic carbocycles. The zero-order valence-corrected chi connectivity index (χ0v) is 5.73. The van der Waals surface area contributed by atoms with Crippen molar-refractivity contribution in [3.05, 3.63) is 0 Å². The standard InChI is InChI=1S/C5H8O3S/c1-2-6-3-5-4(1)7-9-8-5/h4-5H,1-3H2. The molecule has 52 valence electrons. The summed E-state index contributed by atoms with van der Waals surface area (Å²) in [4.78, 5) is 0. The van der Waals surface area contributed by atoms with Crippen LogP contribution in [0.25, 0.3) is 0 Å². The van der Waals surface area contributed by atoms with Gasteiger partial charge in [-0.1, -0.05) is 0 Å². The Bertz CT molecular complexity index is 96.4. The number of hydrogen-bond acceptors (Lipinski definition) is 4. The summed E-state index contributed by atoms with van der Waals surface area (Å²) in [5.74, 6) is 0. The highest BCUT2D eigenvalue weighted by molar-refractivity contribution is 7.90. The molecule has 2 saturated heterocycles. The third kappa shape index (κ3) is 1.08. The van der Waals surface area contributed by atoms with Gasteiger partial charge in [0.15, 0.2) is 12.3 Å². The maximum absolute atomic E-state index is 5.17. The fourth-order valence-electron chi connectivity index (χ4n) is 1.02. The highest BCUT2D eigenvalue weighted by atomic mass is 32.2. The van der Waals surface area contributed by atoms with E-state index in [9.17, 15) is 0 Å². The third-order valence-corrected chi connectivity index (χ3v) is 2.22. The van der Waals surface area contributed by atoms with Crippen molar-refractivity contribution in [1.82, 2.24) is 0 Å². The minimum Gasteiger partial charge on any atom is -0.378 e. The Labute approximate surface area is 58.1 Å². The van der Waals surface area contributed by atoms with E-state index in [1.54, 1.807) is 0 Å². The van der Waals surface area contributed by atoms with Crippen LogP contribution in [0.5, 0.6) is 0 Å². The van der Waals surface area contributed by atoms with Crippen LogP contribution in [0.15, 0.2) is 0 Å². The van der Waals surface area contributed by atoms with Gasteiger partial charge in [-0.15, -0.1) is 0 Å². The Hall–Kier alpha value is 0.230. The van der Waals surface area contributed by atoms with E-state index in [1.165, 1.54) is 0 Å². The van der Waals surface area contributed by atoms with Gasteiger partial charge in [-0.2, -0.15) is 0 Å². The third-order valence-electron chi connectivity index (χ3n) is 1.57. The summed E-state index contributed by atoms with van der Waals surface area (Å²) in [5, 5.41) is 0. The zero-order valence-electron chi connectivity index (χ0n) is 4.91. The predicted octanol–water partition coefficient (Wildman–Crippen LogP) is 0.754. The number of hydrogen-bond donors (Lipinski definition) is 0. The minimum absolute atomic E-state index is 0.184. The van der Waals surface area contributed by atoms with Crippen LogP contribution in [0, 0.1) is 0 Å². The SMILES string of the molecule is C1CC2OSOC2CO1. The van der Waals surface area contributed by atoms with Gasteiger partial charge in [0.2, 0.25) is 0 Å². The largest absolute Gasteiger partial charge is 0.378 e. The summed E-state index contributed by atoms with van der Waals surface area (Å²) in [6, 6.07) is 0. The molecule has 0 aromatic heterocycles. The van der Waals surface area contributed by atoms with Gasteiger partial charge in [-0.3, -0.25) is 8.37 Å². The Balaban J connectivity index is 1.97. The lowest BCUT2D eigenvalue weighted by Crippen LogP contribution is -2.33. The Morgan fingerprint density at radius 3 is 3.00 bits per heavy atom. The molecule has 2 atom stereocenters. The second kappa shape index (κ2) is 2.46. The quantitative estimate of drug-likeness (QED) is 0.474. The summed E-state index contributed by atoms with van der Waals surface area (Å²) in [6.45, 7) is 1.50. The van der Waals surface area contributed by atoms with Crippen molar-refractivity contribution in [2.45, 2.75) is 18.6 Å². The molecule has 4 heteroatoms. The highest BCUT2D eigenvalue weighted by Gasteiger charge is 2.33. The zero-order chi connectivity index (χ0) is 6.10. The monoisotopic (exact) mass is 148 g/mol. The van der Waals surface area contributed by atoms with Crippen molar-refractivity contribution in [2.24, 2.45) is 0 Å². The topological polar surface area (TPSA) is 27.7 Å². The Kier molecular flexibility index (Phi) is 1.63. The summed E-state index contributed by atoms with van der Waals surface area (Å²) < 4.78 is 15.5. The molecule has 0 radical (unpaired) electrons. The van der Waals surface area contributed by atoms with Crippen LogP contribution in [0.3, 0.4) is 0 Å². The smallest absolute Gasteiger partial charge is 0.159 e. The van der Waals surface area contributed by atoms with Crippen LogP contribution in [0.2, 0.25) is 0 Å². The average molecular weight is 148 g/mol. The van der Waals surface area contributed by atoms with E-state index in [0.29, 0.717) is 6.61 Å². The van der Waals surface area contributed by atoms with Gasteiger partial charge in [0.1, 0.15) is 12.2 Å². The molecular formula is C5H8O3S. The van der Waals surface area contributed by atoms with Gasteiger partial charge in [-0.25, -0.2) is 0 Å². The van der Waals surface area contributed by atoms with Gasteiger partial charge in [0.25, 0.3) is 0 Å². The first kappa shape index (κ1) is 5.97. The number of rotatable bonds is 0. The summed E-state index contributed by atoms with van der Waals surface area (Å²) in [5.41, 5.74) is 0. The first-order valence-corrected chi connectivity index (χ1v) is 3.70. The molecule has 9 heavy (non-hydrogen) atoms. The lowest BCUT2D eigenvalue weighted by molar-refractivity contribution is -0.0192. The molecule has 0 saturated carbocycles. The molecular weight excluding hydrogens is 140 g/mol. The molecule has 2 aliphatic heterocycles. The maximum atomic E-state index is 5.17. The van der Waals surface area contributed by atoms with Crippen LogP contribution in [-0.2, 0) is 13.1 Å². The van der Waals surface area contributed by atoms with Crippen molar-refractivity contribution in [3.8, 4) is 0 Å². The molecule has 0 spiro atoms. The van der Waals surface area contributed by atoms with E-state index in [2.05, 4.69) is 0 Å². The van der Waals surface area contributed by atoms with Crippen molar-refractivity contribution >= 4 is 12.3 Å². The normalized spacial score (nSPS) is 42.7. The van der Waals surface area contributed by atoms with Gasteiger partial charge in [-0.05, 0) is 0 Å². The molecule has 3 nitrogen and oxygen atoms in total. The van der Waals surface area contributed by atoms with Gasteiger partial charge >= 0.3 is 0 Å². The molecule has 0 aromatic rings. The first-order valence-electron chi connectivity index (χ1n) is 3.03. The Morgan fingerprint density at radius 2 is 2.11 bits per heavy atom. The van der Waals surface area contributed by atoms with Crippen molar-refractivity contribution in [1.29, 1.82) is 0 Å². The van der Waals surface area contributed by atoms with E-state index < -0.39 is 0 Å². The molecule has 0 bridgehead atoms. The lowest BCUT2D eigenvalue weighted by Gasteiger charge is -2.20. The minimum atomic E-state index is 0.184. The maximum Gasteiger partial charge on any atom is 0.159 e. The molecule has 2 unspecified atom stereocenters. The van der Waals surface area contributed by atoms with E-state index >= 15 is 0 Å². The van der Waals surface area contributed by atoms with Crippen LogP contribution in [0.4, 0.5) is 0 Å². The second-order valence-electron chi connectivity index (χ2n) is 2.20. The van der Waals surface area contributed by atoms with Gasteiger partial charge in [0.05, 0.1) is 6.61 Å². The molecule has 2 fully saturated rings. The van der Waals surface area contributed by atoms with E-state index in [4.69, 9.17) is 13.1 Å². The van der Waals surface area contributed by atoms with Gasteiger partial charge in [0, 0.05) is 13.0 Å². The lowest BCUT2D eigenvalue weighted by atomic mass is 10.1. The molecule has 2 aliphatic rings. The van der Waals surface area contributed by atoms with Crippen LogP contribution in [-0.4, -0.2) is 25.4 Å². The van der Waals surface area contributed by atoms with E-state index in [0.717, 1.165) is 25.4 Å². The fraction of sp³-hybridized carbons (Fsp3) is 1.00. The molecule has 2 rings (SSSR count). The average Bonchev–Trinajstić information content (AvgIpc) is 2.33. The highest BCUT2D eigenvalue weighted by Crippen LogP contribution is 2.30. The Morgan fingerprint density at radius 1 is 1.22 bits per heavy atom. The number of fused-ring (bicyclic) bond motifs is 1. The molecule has 0 N–H and O–H groups in total. The summed E-state index contributed by atoms with van der Waals surface area (Å²) >= 11 is 1.10. The van der Waals surface area contributed by atoms with E-state index in [1.807, 2.05) is 0 Å². The van der Waals surface area contributed by atoms with Crippen LogP contribution < -0.4 is 0 Å². The summed E-state index contributed by atoms with van der Waals surface area (Å²) in [6.07, 6.45) is 1.44. The van der Waals surface area contributed by atoms with Crippen molar-refractivity contribution in [3.63, 3.8) is 0 Å². The fourth-order valence-corrected chi connectivity index (χ4v) is 1.66. The van der Waals surface area contributed by atoms with Crippen LogP contribution in [0.1, 0.15) is 6.42 Å². The van der Waals surface area contributed by atoms with Gasteiger partial charge < -0.3 is 4.74 Å².